The van der Waals surface area contributed by atoms with Gasteiger partial charge >= 0.3 is 12.1 Å². The van der Waals surface area contributed by atoms with Crippen molar-refractivity contribution in [3.05, 3.63) is 23.8 Å². The van der Waals surface area contributed by atoms with Gasteiger partial charge in [-0.15, -0.1) is 0 Å². The van der Waals surface area contributed by atoms with Crippen LogP contribution in [0.4, 0.5) is 4.79 Å². The Hall–Kier alpha value is -2.44. The van der Waals surface area contributed by atoms with Gasteiger partial charge in [0.1, 0.15) is 0 Å². The SMILES string of the molecule is COC(=O)[C@H]1CN(C(=O)OC(C)C)C[C@@H]1c1ccc(OC)c(OC2CCCC2)c1. The van der Waals surface area contributed by atoms with E-state index < -0.39 is 12.0 Å². The maximum Gasteiger partial charge on any atom is 0.410 e. The summed E-state index contributed by atoms with van der Waals surface area (Å²) in [5.74, 6) is 0.378. The predicted molar refractivity (Wildman–Crippen MR) is 107 cm³/mol. The monoisotopic (exact) mass is 405 g/mol. The average Bonchev–Trinajstić information content (AvgIpc) is 3.36. The lowest BCUT2D eigenvalue weighted by Gasteiger charge is -2.21. The molecule has 1 heterocycles. The van der Waals surface area contributed by atoms with Gasteiger partial charge in [0.25, 0.3) is 0 Å². The minimum atomic E-state index is -0.451. The Morgan fingerprint density at radius 1 is 1.07 bits per heavy atom. The fourth-order valence-corrected chi connectivity index (χ4v) is 4.16. The molecule has 2 atom stereocenters. The average molecular weight is 405 g/mol. The zero-order valence-corrected chi connectivity index (χ0v) is 17.7. The number of ether oxygens (including phenoxy) is 4. The maximum atomic E-state index is 12.4. The van der Waals surface area contributed by atoms with E-state index in [1.54, 1.807) is 25.9 Å². The maximum absolute atomic E-state index is 12.4. The second-order valence-electron chi connectivity index (χ2n) is 8.01. The van der Waals surface area contributed by atoms with Crippen molar-refractivity contribution in [3.8, 4) is 11.5 Å². The van der Waals surface area contributed by atoms with Crippen molar-refractivity contribution in [2.45, 2.75) is 57.7 Å². The summed E-state index contributed by atoms with van der Waals surface area (Å²) in [4.78, 5) is 26.4. The fraction of sp³-hybridized carbons (Fsp3) is 0.636. The molecule has 2 aliphatic rings. The van der Waals surface area contributed by atoms with Crippen molar-refractivity contribution in [1.82, 2.24) is 4.90 Å². The molecule has 1 amide bonds. The molecule has 1 saturated carbocycles. The summed E-state index contributed by atoms with van der Waals surface area (Å²) in [5.41, 5.74) is 0.925. The van der Waals surface area contributed by atoms with Gasteiger partial charge in [-0.3, -0.25) is 4.79 Å². The number of likely N-dealkylation sites (tertiary alicyclic amines) is 1. The molecule has 0 radical (unpaired) electrons. The third kappa shape index (κ3) is 4.95. The van der Waals surface area contributed by atoms with Gasteiger partial charge < -0.3 is 23.8 Å². The van der Waals surface area contributed by atoms with Crippen LogP contribution in [0.25, 0.3) is 0 Å². The lowest BCUT2D eigenvalue weighted by atomic mass is 9.89. The van der Waals surface area contributed by atoms with Crippen LogP contribution in [0.15, 0.2) is 18.2 Å². The largest absolute Gasteiger partial charge is 0.493 e. The van der Waals surface area contributed by atoms with E-state index in [-0.39, 0.29) is 30.6 Å². The van der Waals surface area contributed by atoms with Gasteiger partial charge in [0.2, 0.25) is 0 Å². The minimum Gasteiger partial charge on any atom is -0.493 e. The molecule has 160 valence electrons. The molecular weight excluding hydrogens is 374 g/mol. The Bertz CT molecular complexity index is 728. The van der Waals surface area contributed by atoms with Crippen LogP contribution in [-0.2, 0) is 14.3 Å². The summed E-state index contributed by atoms with van der Waals surface area (Å²) in [6, 6.07) is 5.73. The summed E-state index contributed by atoms with van der Waals surface area (Å²) < 4.78 is 22.0. The first kappa shape index (κ1) is 21.3. The van der Waals surface area contributed by atoms with Gasteiger partial charge in [0.05, 0.1) is 32.3 Å². The highest BCUT2D eigenvalue weighted by Crippen LogP contribution is 2.39. The van der Waals surface area contributed by atoms with Crippen molar-refractivity contribution in [2.75, 3.05) is 27.3 Å². The van der Waals surface area contributed by atoms with Gasteiger partial charge in [0, 0.05) is 19.0 Å². The topological polar surface area (TPSA) is 74.3 Å². The number of esters is 1. The van der Waals surface area contributed by atoms with Crippen LogP contribution in [-0.4, -0.2) is 56.5 Å². The molecule has 1 aromatic carbocycles. The second-order valence-corrected chi connectivity index (χ2v) is 8.01. The Labute approximate surface area is 172 Å². The first-order valence-corrected chi connectivity index (χ1v) is 10.3. The Balaban J connectivity index is 1.85. The number of carbonyl (C=O) groups excluding carboxylic acids is 2. The molecule has 2 fully saturated rings. The third-order valence-electron chi connectivity index (χ3n) is 5.63. The summed E-state index contributed by atoms with van der Waals surface area (Å²) in [7, 11) is 2.99. The molecule has 7 heteroatoms. The standard InChI is InChI=1S/C22H31NO6/c1-14(2)28-22(25)23-12-17(18(13-23)21(24)27-4)15-9-10-19(26-3)20(11-15)29-16-7-5-6-8-16/h9-11,14,16-18H,5-8,12-13H2,1-4H3/t17-,18+/m1/s1. The van der Waals surface area contributed by atoms with Crippen LogP contribution in [0.3, 0.4) is 0 Å². The van der Waals surface area contributed by atoms with Gasteiger partial charge in [-0.05, 0) is 57.2 Å². The van der Waals surface area contributed by atoms with Crippen molar-refractivity contribution in [1.29, 1.82) is 0 Å². The van der Waals surface area contributed by atoms with E-state index in [4.69, 9.17) is 18.9 Å². The molecule has 0 spiro atoms. The highest BCUT2D eigenvalue weighted by Gasteiger charge is 2.42. The summed E-state index contributed by atoms with van der Waals surface area (Å²) in [5, 5.41) is 0. The molecule has 0 bridgehead atoms. The predicted octanol–water partition coefficient (Wildman–Crippen LogP) is 3.75. The highest BCUT2D eigenvalue weighted by molar-refractivity contribution is 5.77. The smallest absolute Gasteiger partial charge is 0.410 e. The first-order valence-electron chi connectivity index (χ1n) is 10.3. The molecule has 0 aromatic heterocycles. The molecule has 7 nitrogen and oxygen atoms in total. The molecule has 1 aliphatic carbocycles. The minimum absolute atomic E-state index is 0.191. The van der Waals surface area contributed by atoms with E-state index in [1.807, 2.05) is 18.2 Å². The lowest BCUT2D eigenvalue weighted by molar-refractivity contribution is -0.145. The number of nitrogens with zero attached hydrogens (tertiary/aromatic N) is 1. The third-order valence-corrected chi connectivity index (χ3v) is 5.63. The lowest BCUT2D eigenvalue weighted by Crippen LogP contribution is -2.32. The molecule has 1 aliphatic heterocycles. The van der Waals surface area contributed by atoms with E-state index in [9.17, 15) is 9.59 Å². The van der Waals surface area contributed by atoms with Crippen LogP contribution in [0.2, 0.25) is 0 Å². The van der Waals surface area contributed by atoms with Crippen molar-refractivity contribution in [3.63, 3.8) is 0 Å². The van der Waals surface area contributed by atoms with Gasteiger partial charge in [-0.1, -0.05) is 6.07 Å². The van der Waals surface area contributed by atoms with E-state index >= 15 is 0 Å². The number of hydrogen-bond donors (Lipinski definition) is 0. The van der Waals surface area contributed by atoms with Crippen LogP contribution in [0.1, 0.15) is 51.0 Å². The first-order chi connectivity index (χ1) is 13.9. The van der Waals surface area contributed by atoms with Crippen molar-refractivity contribution in [2.24, 2.45) is 5.92 Å². The zero-order chi connectivity index (χ0) is 21.0. The fourth-order valence-electron chi connectivity index (χ4n) is 4.16. The van der Waals surface area contributed by atoms with E-state index in [0.717, 1.165) is 18.4 Å². The van der Waals surface area contributed by atoms with Gasteiger partial charge in [0.15, 0.2) is 11.5 Å². The van der Waals surface area contributed by atoms with Gasteiger partial charge in [-0.25, -0.2) is 4.79 Å². The Morgan fingerprint density at radius 3 is 2.41 bits per heavy atom. The van der Waals surface area contributed by atoms with E-state index in [1.165, 1.54) is 20.0 Å². The molecule has 1 saturated heterocycles. The highest BCUT2D eigenvalue weighted by atomic mass is 16.6. The summed E-state index contributed by atoms with van der Waals surface area (Å²) in [6.45, 7) is 4.27. The quantitative estimate of drug-likeness (QED) is 0.671. The van der Waals surface area contributed by atoms with Gasteiger partial charge in [-0.2, -0.15) is 0 Å². The molecule has 3 rings (SSSR count). The van der Waals surface area contributed by atoms with Crippen LogP contribution < -0.4 is 9.47 Å². The number of amides is 1. The van der Waals surface area contributed by atoms with Crippen LogP contribution in [0.5, 0.6) is 11.5 Å². The number of carbonyl (C=O) groups is 2. The number of rotatable bonds is 6. The van der Waals surface area contributed by atoms with Crippen LogP contribution in [0, 0.1) is 5.92 Å². The van der Waals surface area contributed by atoms with Crippen molar-refractivity contribution >= 4 is 12.1 Å². The second kappa shape index (κ2) is 9.37. The molecule has 1 aromatic rings. The zero-order valence-electron chi connectivity index (χ0n) is 17.7. The normalized spacial score (nSPS) is 22.0. The Kier molecular flexibility index (Phi) is 6.87. The molecule has 0 N–H and O–H groups in total. The van der Waals surface area contributed by atoms with E-state index in [2.05, 4.69) is 0 Å². The number of hydrogen-bond acceptors (Lipinski definition) is 6. The summed E-state index contributed by atoms with van der Waals surface area (Å²) >= 11 is 0. The molecular formula is C22H31NO6. The molecule has 0 unspecified atom stereocenters. The van der Waals surface area contributed by atoms with Crippen molar-refractivity contribution < 1.29 is 28.5 Å². The summed E-state index contributed by atoms with van der Waals surface area (Å²) in [6.07, 6.45) is 3.99. The van der Waals surface area contributed by atoms with Crippen LogP contribution >= 0.6 is 0 Å². The number of methoxy groups -OCH3 is 2. The Morgan fingerprint density at radius 2 is 1.79 bits per heavy atom. The van der Waals surface area contributed by atoms with E-state index in [0.29, 0.717) is 18.0 Å². The molecule has 29 heavy (non-hydrogen) atoms. The number of benzene rings is 1.